The van der Waals surface area contributed by atoms with Crippen LogP contribution in [-0.4, -0.2) is 10.9 Å². The lowest BCUT2D eigenvalue weighted by atomic mass is 10.2. The fraction of sp³-hybridized carbons (Fsp3) is 0.0714. The fourth-order valence-corrected chi connectivity index (χ4v) is 1.78. The van der Waals surface area contributed by atoms with E-state index < -0.39 is 10.9 Å². The number of halogens is 1. The molecule has 0 amide bonds. The predicted octanol–water partition coefficient (Wildman–Crippen LogP) is 3.61. The van der Waals surface area contributed by atoms with Crippen molar-refractivity contribution in [1.82, 2.24) is 0 Å². The molecule has 0 heterocycles. The van der Waals surface area contributed by atoms with E-state index in [2.05, 4.69) is 0 Å². The van der Waals surface area contributed by atoms with Gasteiger partial charge in [-0.3, -0.25) is 10.1 Å². The summed E-state index contributed by atoms with van der Waals surface area (Å²) in [5.41, 5.74) is 0.943. The van der Waals surface area contributed by atoms with Crippen LogP contribution in [0.3, 0.4) is 0 Å². The maximum Gasteiger partial charge on any atom is 0.339 e. The normalized spacial score (nSPS) is 10.1. The molecule has 0 spiro atoms. The standard InChI is InChI=1S/C14H10ClNO4/c15-13-4-2-1-3-12(13)14(17)20-9-10-5-7-11(8-6-10)16(18)19/h1-8H,9H2. The van der Waals surface area contributed by atoms with Gasteiger partial charge in [0, 0.05) is 12.1 Å². The second kappa shape index (κ2) is 6.16. The molecule has 2 aromatic carbocycles. The van der Waals surface area contributed by atoms with Gasteiger partial charge < -0.3 is 4.74 Å². The monoisotopic (exact) mass is 291 g/mol. The highest BCUT2D eigenvalue weighted by molar-refractivity contribution is 6.33. The largest absolute Gasteiger partial charge is 0.457 e. The van der Waals surface area contributed by atoms with Crippen molar-refractivity contribution in [3.63, 3.8) is 0 Å². The number of benzene rings is 2. The van der Waals surface area contributed by atoms with E-state index in [9.17, 15) is 14.9 Å². The van der Waals surface area contributed by atoms with Crippen molar-refractivity contribution in [2.45, 2.75) is 6.61 Å². The average molecular weight is 292 g/mol. The van der Waals surface area contributed by atoms with Crippen molar-refractivity contribution in [2.75, 3.05) is 0 Å². The average Bonchev–Trinajstić information content (AvgIpc) is 2.45. The lowest BCUT2D eigenvalue weighted by Gasteiger charge is -2.06. The van der Waals surface area contributed by atoms with Gasteiger partial charge in [0.25, 0.3) is 5.69 Å². The fourth-order valence-electron chi connectivity index (χ4n) is 1.57. The van der Waals surface area contributed by atoms with Gasteiger partial charge in [-0.25, -0.2) is 4.79 Å². The van der Waals surface area contributed by atoms with Crippen LogP contribution in [0.25, 0.3) is 0 Å². The van der Waals surface area contributed by atoms with E-state index in [-0.39, 0.29) is 17.9 Å². The van der Waals surface area contributed by atoms with Crippen LogP contribution in [-0.2, 0) is 11.3 Å². The molecule has 0 unspecified atom stereocenters. The van der Waals surface area contributed by atoms with Crippen LogP contribution >= 0.6 is 11.6 Å². The number of hydrogen-bond donors (Lipinski definition) is 0. The third-order valence-corrected chi connectivity index (χ3v) is 2.94. The van der Waals surface area contributed by atoms with Gasteiger partial charge in [0.2, 0.25) is 0 Å². The Morgan fingerprint density at radius 3 is 2.40 bits per heavy atom. The summed E-state index contributed by atoms with van der Waals surface area (Å²) in [6.07, 6.45) is 0. The summed E-state index contributed by atoms with van der Waals surface area (Å²) in [6, 6.07) is 12.4. The van der Waals surface area contributed by atoms with Gasteiger partial charge >= 0.3 is 5.97 Å². The second-order valence-corrected chi connectivity index (χ2v) is 4.39. The van der Waals surface area contributed by atoms with Gasteiger partial charge in [0.15, 0.2) is 0 Å². The first-order valence-electron chi connectivity index (χ1n) is 5.73. The molecule has 5 nitrogen and oxygen atoms in total. The molecule has 2 rings (SSSR count). The highest BCUT2D eigenvalue weighted by atomic mass is 35.5. The first-order valence-corrected chi connectivity index (χ1v) is 6.10. The molecular weight excluding hydrogens is 282 g/mol. The first kappa shape index (κ1) is 14.0. The summed E-state index contributed by atoms with van der Waals surface area (Å²) >= 11 is 5.88. The van der Waals surface area contributed by atoms with E-state index >= 15 is 0 Å². The highest BCUT2D eigenvalue weighted by Crippen LogP contribution is 2.17. The minimum Gasteiger partial charge on any atom is -0.457 e. The molecule has 0 aliphatic heterocycles. The zero-order chi connectivity index (χ0) is 14.5. The Kier molecular flexibility index (Phi) is 4.32. The molecule has 2 aromatic rings. The van der Waals surface area contributed by atoms with Crippen molar-refractivity contribution in [3.8, 4) is 0 Å². The lowest BCUT2D eigenvalue weighted by molar-refractivity contribution is -0.384. The number of nitro benzene ring substituents is 1. The summed E-state index contributed by atoms with van der Waals surface area (Å²) in [6.45, 7) is 0.0298. The van der Waals surface area contributed by atoms with Crippen LogP contribution in [0.15, 0.2) is 48.5 Å². The van der Waals surface area contributed by atoms with Crippen LogP contribution in [0.4, 0.5) is 5.69 Å². The number of carbonyl (C=O) groups is 1. The van der Waals surface area contributed by atoms with Crippen molar-refractivity contribution in [1.29, 1.82) is 0 Å². The smallest absolute Gasteiger partial charge is 0.339 e. The SMILES string of the molecule is O=C(OCc1ccc([N+](=O)[O-])cc1)c1ccccc1Cl. The van der Waals surface area contributed by atoms with E-state index in [1.807, 2.05) is 0 Å². The number of hydrogen-bond acceptors (Lipinski definition) is 4. The quantitative estimate of drug-likeness (QED) is 0.490. The Labute approximate surface area is 119 Å². The molecule has 20 heavy (non-hydrogen) atoms. The number of esters is 1. The van der Waals surface area contributed by atoms with E-state index in [0.717, 1.165) is 0 Å². The molecule has 0 saturated carbocycles. The minimum atomic E-state index is -0.533. The van der Waals surface area contributed by atoms with Crippen LogP contribution in [0, 0.1) is 10.1 Å². The predicted molar refractivity (Wildman–Crippen MR) is 73.7 cm³/mol. The number of nitrogens with zero attached hydrogens (tertiary/aromatic N) is 1. The Morgan fingerprint density at radius 2 is 1.80 bits per heavy atom. The van der Waals surface area contributed by atoms with E-state index in [0.29, 0.717) is 10.6 Å². The van der Waals surface area contributed by atoms with Gasteiger partial charge in [0.05, 0.1) is 15.5 Å². The highest BCUT2D eigenvalue weighted by Gasteiger charge is 2.11. The molecule has 0 radical (unpaired) electrons. The van der Waals surface area contributed by atoms with Crippen LogP contribution in [0.2, 0.25) is 5.02 Å². The van der Waals surface area contributed by atoms with Gasteiger partial charge in [-0.15, -0.1) is 0 Å². The first-order chi connectivity index (χ1) is 9.58. The van der Waals surface area contributed by atoms with Gasteiger partial charge in [0.1, 0.15) is 6.61 Å². The molecule has 0 fully saturated rings. The summed E-state index contributed by atoms with van der Waals surface area (Å²) in [5, 5.41) is 10.8. The number of nitro groups is 1. The summed E-state index contributed by atoms with van der Waals surface area (Å²) in [5.74, 6) is -0.533. The van der Waals surface area contributed by atoms with E-state index in [4.69, 9.17) is 16.3 Å². The maximum absolute atomic E-state index is 11.8. The Bertz CT molecular complexity index is 640. The van der Waals surface area contributed by atoms with Crippen molar-refractivity contribution in [3.05, 3.63) is 74.8 Å². The Balaban J connectivity index is 2.00. The van der Waals surface area contributed by atoms with Gasteiger partial charge in [-0.05, 0) is 29.8 Å². The molecule has 0 aliphatic rings. The van der Waals surface area contributed by atoms with E-state index in [1.54, 1.807) is 24.3 Å². The molecule has 6 heteroatoms. The van der Waals surface area contributed by atoms with Crippen molar-refractivity contribution < 1.29 is 14.5 Å². The number of carbonyl (C=O) groups excluding carboxylic acids is 1. The Morgan fingerprint density at radius 1 is 1.15 bits per heavy atom. The summed E-state index contributed by atoms with van der Waals surface area (Å²) < 4.78 is 5.10. The zero-order valence-corrected chi connectivity index (χ0v) is 11.0. The second-order valence-electron chi connectivity index (χ2n) is 3.98. The van der Waals surface area contributed by atoms with Crippen molar-refractivity contribution >= 4 is 23.3 Å². The van der Waals surface area contributed by atoms with Crippen LogP contribution < -0.4 is 0 Å². The molecule has 0 aliphatic carbocycles. The van der Waals surface area contributed by atoms with E-state index in [1.165, 1.54) is 24.3 Å². The van der Waals surface area contributed by atoms with Gasteiger partial charge in [-0.2, -0.15) is 0 Å². The number of rotatable bonds is 4. The molecule has 0 N–H and O–H groups in total. The lowest BCUT2D eigenvalue weighted by Crippen LogP contribution is -2.05. The molecule has 102 valence electrons. The minimum absolute atomic E-state index is 0.00817. The molecule has 0 aromatic heterocycles. The molecule has 0 atom stereocenters. The topological polar surface area (TPSA) is 69.4 Å². The third-order valence-electron chi connectivity index (χ3n) is 2.61. The molecule has 0 bridgehead atoms. The maximum atomic E-state index is 11.8. The number of ether oxygens (including phenoxy) is 1. The zero-order valence-electron chi connectivity index (χ0n) is 10.3. The third kappa shape index (κ3) is 3.33. The molecular formula is C14H10ClNO4. The van der Waals surface area contributed by atoms with Crippen LogP contribution in [0.1, 0.15) is 15.9 Å². The summed E-state index contributed by atoms with van der Waals surface area (Å²) in [7, 11) is 0. The number of non-ortho nitro benzene ring substituents is 1. The van der Waals surface area contributed by atoms with Crippen LogP contribution in [0.5, 0.6) is 0 Å². The summed E-state index contributed by atoms with van der Waals surface area (Å²) in [4.78, 5) is 21.8. The molecule has 0 saturated heterocycles. The van der Waals surface area contributed by atoms with Gasteiger partial charge in [-0.1, -0.05) is 23.7 Å². The van der Waals surface area contributed by atoms with Crippen molar-refractivity contribution in [2.24, 2.45) is 0 Å². The Hall–Kier alpha value is -2.40.